The van der Waals surface area contributed by atoms with Crippen LogP contribution in [-0.2, 0) is 6.42 Å². The van der Waals surface area contributed by atoms with Crippen LogP contribution < -0.4 is 4.74 Å². The molecule has 0 heterocycles. The first-order valence-corrected chi connectivity index (χ1v) is 5.40. The zero-order valence-corrected chi connectivity index (χ0v) is 10.0. The summed E-state index contributed by atoms with van der Waals surface area (Å²) in [5, 5.41) is 0.674. The lowest BCUT2D eigenvalue weighted by Crippen LogP contribution is -1.99. The van der Waals surface area contributed by atoms with Crippen molar-refractivity contribution in [1.82, 2.24) is 0 Å². The van der Waals surface area contributed by atoms with E-state index < -0.39 is 0 Å². The largest absolute Gasteiger partial charge is 0.495 e. The summed E-state index contributed by atoms with van der Waals surface area (Å²) in [4.78, 5) is 0.430. The predicted octanol–water partition coefficient (Wildman–Crippen LogP) is 3.67. The van der Waals surface area contributed by atoms with Gasteiger partial charge < -0.3 is 4.74 Å². The van der Waals surface area contributed by atoms with Gasteiger partial charge in [0.15, 0.2) is 0 Å². The summed E-state index contributed by atoms with van der Waals surface area (Å²) in [6, 6.07) is 5.81. The molecule has 0 aliphatic rings. The third kappa shape index (κ3) is 2.89. The SMILES string of the molecule is COc1c(Cl)cccc1CC(C)Br. The third-order valence-electron chi connectivity index (χ3n) is 1.75. The molecule has 1 unspecified atom stereocenters. The first-order valence-electron chi connectivity index (χ1n) is 4.10. The molecule has 0 spiro atoms. The molecular weight excluding hydrogens is 251 g/mol. The van der Waals surface area contributed by atoms with Gasteiger partial charge in [-0.25, -0.2) is 0 Å². The maximum absolute atomic E-state index is 5.97. The minimum Gasteiger partial charge on any atom is -0.495 e. The van der Waals surface area contributed by atoms with E-state index in [-0.39, 0.29) is 0 Å². The maximum atomic E-state index is 5.97. The second kappa shape index (κ2) is 4.87. The van der Waals surface area contributed by atoms with Crippen LogP contribution in [-0.4, -0.2) is 11.9 Å². The van der Waals surface area contributed by atoms with Crippen molar-refractivity contribution < 1.29 is 4.74 Å². The molecule has 0 saturated carbocycles. The van der Waals surface area contributed by atoms with Crippen molar-refractivity contribution in [2.75, 3.05) is 7.11 Å². The van der Waals surface area contributed by atoms with E-state index in [2.05, 4.69) is 22.9 Å². The average molecular weight is 264 g/mol. The summed E-state index contributed by atoms with van der Waals surface area (Å²) < 4.78 is 5.22. The van der Waals surface area contributed by atoms with Crippen molar-refractivity contribution in [3.63, 3.8) is 0 Å². The molecule has 0 aromatic heterocycles. The topological polar surface area (TPSA) is 9.23 Å². The standard InChI is InChI=1S/C10H12BrClO/c1-7(11)6-8-4-3-5-9(12)10(8)13-2/h3-5,7H,6H2,1-2H3. The van der Waals surface area contributed by atoms with Crippen molar-refractivity contribution in [3.05, 3.63) is 28.8 Å². The quantitative estimate of drug-likeness (QED) is 0.756. The number of hydrogen-bond acceptors (Lipinski definition) is 1. The van der Waals surface area contributed by atoms with E-state index in [9.17, 15) is 0 Å². The fourth-order valence-electron chi connectivity index (χ4n) is 1.25. The lowest BCUT2D eigenvalue weighted by molar-refractivity contribution is 0.410. The van der Waals surface area contributed by atoms with Crippen LogP contribution in [0.2, 0.25) is 5.02 Å². The molecule has 0 N–H and O–H groups in total. The monoisotopic (exact) mass is 262 g/mol. The van der Waals surface area contributed by atoms with Crippen LogP contribution in [0.15, 0.2) is 18.2 Å². The Hall–Kier alpha value is -0.210. The molecular formula is C10H12BrClO. The smallest absolute Gasteiger partial charge is 0.140 e. The number of benzene rings is 1. The van der Waals surface area contributed by atoms with E-state index >= 15 is 0 Å². The summed E-state index contributed by atoms with van der Waals surface area (Å²) in [5.41, 5.74) is 1.14. The van der Waals surface area contributed by atoms with Gasteiger partial charge in [-0.1, -0.05) is 46.6 Å². The molecule has 1 aromatic rings. The van der Waals surface area contributed by atoms with Crippen LogP contribution in [0.1, 0.15) is 12.5 Å². The van der Waals surface area contributed by atoms with Crippen LogP contribution in [0.5, 0.6) is 5.75 Å². The summed E-state index contributed by atoms with van der Waals surface area (Å²) in [7, 11) is 1.64. The van der Waals surface area contributed by atoms with E-state index in [4.69, 9.17) is 16.3 Å². The van der Waals surface area contributed by atoms with Gasteiger partial charge in [0, 0.05) is 4.83 Å². The Morgan fingerprint density at radius 2 is 2.23 bits per heavy atom. The minimum atomic E-state index is 0.430. The molecule has 0 bridgehead atoms. The van der Waals surface area contributed by atoms with Crippen LogP contribution in [0.25, 0.3) is 0 Å². The lowest BCUT2D eigenvalue weighted by Gasteiger charge is -2.10. The molecule has 1 atom stereocenters. The van der Waals surface area contributed by atoms with Gasteiger partial charge in [0.25, 0.3) is 0 Å². The van der Waals surface area contributed by atoms with E-state index in [0.29, 0.717) is 9.85 Å². The Labute approximate surface area is 92.2 Å². The number of halogens is 2. The van der Waals surface area contributed by atoms with Crippen LogP contribution in [0.4, 0.5) is 0 Å². The van der Waals surface area contributed by atoms with Crippen LogP contribution >= 0.6 is 27.5 Å². The Kier molecular flexibility index (Phi) is 4.07. The predicted molar refractivity (Wildman–Crippen MR) is 60.1 cm³/mol. The maximum Gasteiger partial charge on any atom is 0.140 e. The van der Waals surface area contributed by atoms with Crippen molar-refractivity contribution in [1.29, 1.82) is 0 Å². The number of ether oxygens (including phenoxy) is 1. The molecule has 0 fully saturated rings. The molecule has 1 aromatic carbocycles. The fraction of sp³-hybridized carbons (Fsp3) is 0.400. The van der Waals surface area contributed by atoms with Gasteiger partial charge >= 0.3 is 0 Å². The van der Waals surface area contributed by atoms with Crippen molar-refractivity contribution >= 4 is 27.5 Å². The summed E-state index contributed by atoms with van der Waals surface area (Å²) in [6.07, 6.45) is 0.920. The zero-order chi connectivity index (χ0) is 9.84. The molecule has 0 radical (unpaired) electrons. The number of methoxy groups -OCH3 is 1. The Bertz CT molecular complexity index is 286. The number of para-hydroxylation sites is 1. The summed E-state index contributed by atoms with van der Waals surface area (Å²) in [5.74, 6) is 0.787. The van der Waals surface area contributed by atoms with Gasteiger partial charge in [-0.05, 0) is 18.1 Å². The molecule has 72 valence electrons. The first kappa shape index (κ1) is 10.9. The first-order chi connectivity index (χ1) is 6.15. The Balaban J connectivity index is 2.98. The van der Waals surface area contributed by atoms with Gasteiger partial charge in [0.2, 0.25) is 0 Å². The third-order valence-corrected chi connectivity index (χ3v) is 2.38. The fourth-order valence-corrected chi connectivity index (χ4v) is 1.87. The van der Waals surface area contributed by atoms with E-state index in [1.165, 1.54) is 0 Å². The van der Waals surface area contributed by atoms with Crippen LogP contribution in [0, 0.1) is 0 Å². The van der Waals surface area contributed by atoms with Crippen molar-refractivity contribution in [2.45, 2.75) is 18.2 Å². The average Bonchev–Trinajstić information content (AvgIpc) is 2.03. The van der Waals surface area contributed by atoms with Gasteiger partial charge in [-0.15, -0.1) is 0 Å². The van der Waals surface area contributed by atoms with Gasteiger partial charge in [-0.2, -0.15) is 0 Å². The zero-order valence-electron chi connectivity index (χ0n) is 7.68. The molecule has 0 aliphatic heterocycles. The van der Waals surface area contributed by atoms with E-state index in [1.54, 1.807) is 7.11 Å². The second-order valence-corrected chi connectivity index (χ2v) is 4.89. The van der Waals surface area contributed by atoms with Gasteiger partial charge in [0.05, 0.1) is 12.1 Å². The molecule has 0 aliphatic carbocycles. The number of hydrogen-bond donors (Lipinski definition) is 0. The minimum absolute atomic E-state index is 0.430. The van der Waals surface area contributed by atoms with Crippen molar-refractivity contribution in [3.8, 4) is 5.75 Å². The highest BCUT2D eigenvalue weighted by Gasteiger charge is 2.08. The molecule has 0 amide bonds. The van der Waals surface area contributed by atoms with Gasteiger partial charge in [0.1, 0.15) is 5.75 Å². The van der Waals surface area contributed by atoms with Crippen LogP contribution in [0.3, 0.4) is 0 Å². The highest BCUT2D eigenvalue weighted by molar-refractivity contribution is 9.09. The van der Waals surface area contributed by atoms with E-state index in [0.717, 1.165) is 17.7 Å². The number of alkyl halides is 1. The highest BCUT2D eigenvalue weighted by Crippen LogP contribution is 2.29. The summed E-state index contributed by atoms with van der Waals surface area (Å²) >= 11 is 9.47. The Morgan fingerprint density at radius 3 is 2.77 bits per heavy atom. The second-order valence-electron chi connectivity index (χ2n) is 2.92. The number of rotatable bonds is 3. The highest BCUT2D eigenvalue weighted by atomic mass is 79.9. The normalized spacial score (nSPS) is 12.6. The lowest BCUT2D eigenvalue weighted by atomic mass is 10.1. The summed E-state index contributed by atoms with van der Waals surface area (Å²) in [6.45, 7) is 2.10. The molecule has 1 rings (SSSR count). The molecule has 13 heavy (non-hydrogen) atoms. The van der Waals surface area contributed by atoms with Crippen molar-refractivity contribution in [2.24, 2.45) is 0 Å². The molecule has 3 heteroatoms. The van der Waals surface area contributed by atoms with Gasteiger partial charge in [-0.3, -0.25) is 0 Å². The van der Waals surface area contributed by atoms with E-state index in [1.807, 2.05) is 18.2 Å². The molecule has 0 saturated heterocycles. The molecule has 1 nitrogen and oxygen atoms in total. The Morgan fingerprint density at radius 1 is 1.54 bits per heavy atom.